The van der Waals surface area contributed by atoms with Gasteiger partial charge in [-0.25, -0.2) is 4.39 Å². The van der Waals surface area contributed by atoms with E-state index < -0.39 is 0 Å². The van der Waals surface area contributed by atoms with Crippen molar-refractivity contribution in [3.05, 3.63) is 48.3 Å². The normalized spacial score (nSPS) is 9.75. The van der Waals surface area contributed by atoms with Crippen LogP contribution in [-0.4, -0.2) is 0 Å². The molecule has 64 valence electrons. The van der Waals surface area contributed by atoms with Gasteiger partial charge in [0, 0.05) is 0 Å². The Morgan fingerprint density at radius 3 is 2.92 bits per heavy atom. The van der Waals surface area contributed by atoms with Crippen LogP contribution < -0.4 is 0 Å². The zero-order valence-electron chi connectivity index (χ0n) is 7.09. The van der Waals surface area contributed by atoms with Gasteiger partial charge in [-0.3, -0.25) is 0 Å². The average molecular weight is 164 g/mol. The SMILES string of the molecule is C=CCCCc1cccc(F)c1. The first-order chi connectivity index (χ1) is 5.83. The van der Waals surface area contributed by atoms with Crippen molar-refractivity contribution in [2.75, 3.05) is 0 Å². The molecule has 1 rings (SSSR count). The van der Waals surface area contributed by atoms with E-state index in [0.29, 0.717) is 0 Å². The lowest BCUT2D eigenvalue weighted by Gasteiger charge is -1.98. The maximum absolute atomic E-state index is 12.7. The summed E-state index contributed by atoms with van der Waals surface area (Å²) in [6.07, 6.45) is 4.87. The van der Waals surface area contributed by atoms with Gasteiger partial charge in [0.1, 0.15) is 5.82 Å². The second-order valence-corrected chi connectivity index (χ2v) is 2.81. The lowest BCUT2D eigenvalue weighted by molar-refractivity contribution is 0.624. The Bertz CT molecular complexity index is 253. The summed E-state index contributed by atoms with van der Waals surface area (Å²) in [4.78, 5) is 0. The second kappa shape index (κ2) is 4.70. The molecule has 0 nitrogen and oxygen atoms in total. The summed E-state index contributed by atoms with van der Waals surface area (Å²) in [5.74, 6) is -0.147. The summed E-state index contributed by atoms with van der Waals surface area (Å²) < 4.78 is 12.7. The Balaban J connectivity index is 2.46. The van der Waals surface area contributed by atoms with Crippen LogP contribution in [0.3, 0.4) is 0 Å². The molecular formula is C11H13F. The van der Waals surface area contributed by atoms with Crippen LogP contribution >= 0.6 is 0 Å². The largest absolute Gasteiger partial charge is 0.207 e. The molecule has 1 heteroatoms. The molecular weight excluding hydrogens is 151 g/mol. The molecule has 0 heterocycles. The minimum absolute atomic E-state index is 0.147. The number of halogens is 1. The number of benzene rings is 1. The molecule has 0 aliphatic carbocycles. The highest BCUT2D eigenvalue weighted by Gasteiger charge is 1.93. The molecule has 1 aromatic carbocycles. The van der Waals surface area contributed by atoms with E-state index in [1.165, 1.54) is 6.07 Å². The summed E-state index contributed by atoms with van der Waals surface area (Å²) in [6.45, 7) is 3.64. The second-order valence-electron chi connectivity index (χ2n) is 2.81. The van der Waals surface area contributed by atoms with E-state index in [0.717, 1.165) is 24.8 Å². The standard InChI is InChI=1S/C11H13F/c1-2-3-4-6-10-7-5-8-11(12)9-10/h2,5,7-9H,1,3-4,6H2. The Morgan fingerprint density at radius 1 is 1.42 bits per heavy atom. The highest BCUT2D eigenvalue weighted by atomic mass is 19.1. The van der Waals surface area contributed by atoms with Gasteiger partial charge in [-0.2, -0.15) is 0 Å². The zero-order valence-corrected chi connectivity index (χ0v) is 7.09. The number of allylic oxidation sites excluding steroid dienone is 1. The molecule has 0 bridgehead atoms. The third kappa shape index (κ3) is 2.87. The molecule has 12 heavy (non-hydrogen) atoms. The maximum Gasteiger partial charge on any atom is 0.123 e. The third-order valence-corrected chi connectivity index (χ3v) is 1.76. The fraction of sp³-hybridized carbons (Fsp3) is 0.273. The van der Waals surface area contributed by atoms with Gasteiger partial charge in [0.05, 0.1) is 0 Å². The average Bonchev–Trinajstić information content (AvgIpc) is 2.05. The van der Waals surface area contributed by atoms with Gasteiger partial charge in [0.25, 0.3) is 0 Å². The van der Waals surface area contributed by atoms with Crippen molar-refractivity contribution in [2.24, 2.45) is 0 Å². The van der Waals surface area contributed by atoms with Crippen molar-refractivity contribution in [1.29, 1.82) is 0 Å². The van der Waals surface area contributed by atoms with E-state index in [4.69, 9.17) is 0 Å². The quantitative estimate of drug-likeness (QED) is 0.473. The van der Waals surface area contributed by atoms with E-state index in [9.17, 15) is 4.39 Å². The molecule has 0 saturated carbocycles. The predicted molar refractivity (Wildman–Crippen MR) is 49.5 cm³/mol. The van der Waals surface area contributed by atoms with Crippen LogP contribution in [0.25, 0.3) is 0 Å². The Hall–Kier alpha value is -1.11. The van der Waals surface area contributed by atoms with Gasteiger partial charge in [-0.1, -0.05) is 18.2 Å². The number of unbranched alkanes of at least 4 members (excludes halogenated alkanes) is 1. The molecule has 0 aromatic heterocycles. The van der Waals surface area contributed by atoms with Crippen molar-refractivity contribution < 1.29 is 4.39 Å². The Labute approximate surface area is 72.7 Å². The van der Waals surface area contributed by atoms with Crippen LogP contribution in [-0.2, 0) is 6.42 Å². The van der Waals surface area contributed by atoms with Gasteiger partial charge < -0.3 is 0 Å². The van der Waals surface area contributed by atoms with Gasteiger partial charge in [-0.05, 0) is 37.0 Å². The monoisotopic (exact) mass is 164 g/mol. The van der Waals surface area contributed by atoms with Gasteiger partial charge in [0.2, 0.25) is 0 Å². The molecule has 0 N–H and O–H groups in total. The predicted octanol–water partition coefficient (Wildman–Crippen LogP) is 3.33. The molecule has 0 fully saturated rings. The first-order valence-corrected chi connectivity index (χ1v) is 4.18. The van der Waals surface area contributed by atoms with Crippen LogP contribution in [0.15, 0.2) is 36.9 Å². The molecule has 0 spiro atoms. The van der Waals surface area contributed by atoms with Crippen LogP contribution in [0, 0.1) is 5.82 Å². The number of hydrogen-bond donors (Lipinski definition) is 0. The van der Waals surface area contributed by atoms with Crippen molar-refractivity contribution in [3.8, 4) is 0 Å². The van der Waals surface area contributed by atoms with Crippen LogP contribution in [0.5, 0.6) is 0 Å². The molecule has 0 atom stereocenters. The van der Waals surface area contributed by atoms with Crippen LogP contribution in [0.1, 0.15) is 18.4 Å². The van der Waals surface area contributed by atoms with E-state index in [1.807, 2.05) is 12.1 Å². The van der Waals surface area contributed by atoms with E-state index >= 15 is 0 Å². The van der Waals surface area contributed by atoms with E-state index in [2.05, 4.69) is 6.58 Å². The van der Waals surface area contributed by atoms with Crippen LogP contribution in [0.4, 0.5) is 4.39 Å². The van der Waals surface area contributed by atoms with E-state index in [1.54, 1.807) is 12.1 Å². The van der Waals surface area contributed by atoms with Gasteiger partial charge >= 0.3 is 0 Å². The first kappa shape index (κ1) is 8.98. The smallest absolute Gasteiger partial charge is 0.123 e. The lowest BCUT2D eigenvalue weighted by atomic mass is 10.1. The number of rotatable bonds is 4. The molecule has 0 amide bonds. The van der Waals surface area contributed by atoms with E-state index in [-0.39, 0.29) is 5.82 Å². The fourth-order valence-electron chi connectivity index (χ4n) is 1.14. The lowest BCUT2D eigenvalue weighted by Crippen LogP contribution is -1.85. The van der Waals surface area contributed by atoms with Crippen molar-refractivity contribution in [1.82, 2.24) is 0 Å². The number of hydrogen-bond acceptors (Lipinski definition) is 0. The summed E-state index contributed by atoms with van der Waals surface area (Å²) >= 11 is 0. The topological polar surface area (TPSA) is 0 Å². The van der Waals surface area contributed by atoms with Crippen molar-refractivity contribution >= 4 is 0 Å². The van der Waals surface area contributed by atoms with Gasteiger partial charge in [-0.15, -0.1) is 6.58 Å². The molecule has 0 unspecified atom stereocenters. The highest BCUT2D eigenvalue weighted by Crippen LogP contribution is 2.07. The van der Waals surface area contributed by atoms with Crippen molar-refractivity contribution in [3.63, 3.8) is 0 Å². The molecule has 0 aliphatic heterocycles. The Kier molecular flexibility index (Phi) is 3.52. The molecule has 1 aromatic rings. The summed E-state index contributed by atoms with van der Waals surface area (Å²) in [5.41, 5.74) is 1.07. The third-order valence-electron chi connectivity index (χ3n) is 1.76. The molecule has 0 aliphatic rings. The highest BCUT2D eigenvalue weighted by molar-refractivity contribution is 5.16. The summed E-state index contributed by atoms with van der Waals surface area (Å²) in [5, 5.41) is 0. The fourth-order valence-corrected chi connectivity index (χ4v) is 1.14. The first-order valence-electron chi connectivity index (χ1n) is 4.18. The number of aryl methyl sites for hydroxylation is 1. The Morgan fingerprint density at radius 2 is 2.25 bits per heavy atom. The summed E-state index contributed by atoms with van der Waals surface area (Å²) in [7, 11) is 0. The molecule has 0 radical (unpaired) electrons. The maximum atomic E-state index is 12.7. The van der Waals surface area contributed by atoms with Gasteiger partial charge in [0.15, 0.2) is 0 Å². The minimum atomic E-state index is -0.147. The zero-order chi connectivity index (χ0) is 8.81. The molecule has 0 saturated heterocycles. The minimum Gasteiger partial charge on any atom is -0.207 e. The van der Waals surface area contributed by atoms with Crippen molar-refractivity contribution in [2.45, 2.75) is 19.3 Å². The summed E-state index contributed by atoms with van der Waals surface area (Å²) in [6, 6.07) is 6.75. The van der Waals surface area contributed by atoms with Crippen LogP contribution in [0.2, 0.25) is 0 Å².